The van der Waals surface area contributed by atoms with Crippen LogP contribution in [0.1, 0.15) is 12.0 Å². The number of rotatable bonds is 4. The first kappa shape index (κ1) is 14.2. The minimum Gasteiger partial charge on any atom is -0.293 e. The zero-order valence-electron chi connectivity index (χ0n) is 11.3. The van der Waals surface area contributed by atoms with Crippen LogP contribution in [0.4, 0.5) is 5.95 Å². The smallest absolute Gasteiger partial charge is 0.250 e. The highest BCUT2D eigenvalue weighted by atomic mass is 79.9. The molecule has 1 N–H and O–H groups in total. The molecule has 3 aromatic rings. The summed E-state index contributed by atoms with van der Waals surface area (Å²) in [5.74, 6) is 0.253. The largest absolute Gasteiger partial charge is 0.293 e. The predicted molar refractivity (Wildman–Crippen MR) is 88.1 cm³/mol. The molecule has 2 heterocycles. The van der Waals surface area contributed by atoms with E-state index in [-0.39, 0.29) is 5.91 Å². The molecule has 0 saturated heterocycles. The molecule has 1 aromatic carbocycles. The summed E-state index contributed by atoms with van der Waals surface area (Å²) in [5, 5.41) is 9.70. The molecule has 0 saturated carbocycles. The summed E-state index contributed by atoms with van der Waals surface area (Å²) in [6.07, 6.45) is 0.400. The molecular weight excluding hydrogens is 352 g/mol. The molecule has 0 bridgehead atoms. The number of amides is 1. The van der Waals surface area contributed by atoms with Crippen molar-refractivity contribution in [2.45, 2.75) is 13.3 Å². The molecule has 5 nitrogen and oxygen atoms in total. The lowest BCUT2D eigenvalue weighted by Crippen LogP contribution is -2.12. The Kier molecular flexibility index (Phi) is 4.03. The Morgan fingerprint density at radius 1 is 1.38 bits per heavy atom. The molecule has 21 heavy (non-hydrogen) atoms. The second-order valence-corrected chi connectivity index (χ2v) is 6.23. The first-order valence-corrected chi connectivity index (χ1v) is 8.44. The average Bonchev–Trinajstić information content (AvgIpc) is 3.00. The van der Waals surface area contributed by atoms with Crippen LogP contribution in [0.25, 0.3) is 16.2 Å². The van der Waals surface area contributed by atoms with E-state index in [1.807, 2.05) is 5.38 Å². The fraction of sp³-hybridized carbons (Fsp3) is 0.214. The van der Waals surface area contributed by atoms with Gasteiger partial charge >= 0.3 is 0 Å². The van der Waals surface area contributed by atoms with E-state index >= 15 is 0 Å². The van der Waals surface area contributed by atoms with Crippen molar-refractivity contribution < 1.29 is 4.79 Å². The number of carbonyl (C=O) groups is 1. The first-order valence-electron chi connectivity index (χ1n) is 6.44. The van der Waals surface area contributed by atoms with Gasteiger partial charge in [0.1, 0.15) is 0 Å². The highest BCUT2D eigenvalue weighted by Gasteiger charge is 2.12. The van der Waals surface area contributed by atoms with Crippen molar-refractivity contribution in [1.29, 1.82) is 0 Å². The Hall–Kier alpha value is -1.73. The van der Waals surface area contributed by atoms with Crippen molar-refractivity contribution in [2.24, 2.45) is 0 Å². The third kappa shape index (κ3) is 2.98. The number of hydrogen-bond donors (Lipinski definition) is 1. The van der Waals surface area contributed by atoms with Gasteiger partial charge in [-0.25, -0.2) is 4.52 Å². The maximum Gasteiger partial charge on any atom is 0.250 e. The molecule has 2 aromatic heterocycles. The zero-order valence-corrected chi connectivity index (χ0v) is 13.7. The molecule has 3 rings (SSSR count). The van der Waals surface area contributed by atoms with E-state index in [0.29, 0.717) is 17.7 Å². The first-order chi connectivity index (χ1) is 10.2. The zero-order chi connectivity index (χ0) is 14.8. The molecule has 0 aliphatic carbocycles. The van der Waals surface area contributed by atoms with Crippen LogP contribution in [-0.2, 0) is 4.79 Å². The molecule has 1 amide bonds. The van der Waals surface area contributed by atoms with Gasteiger partial charge in [0, 0.05) is 22.7 Å². The van der Waals surface area contributed by atoms with Gasteiger partial charge in [-0.3, -0.25) is 10.1 Å². The Bertz CT molecular complexity index is 778. The monoisotopic (exact) mass is 364 g/mol. The van der Waals surface area contributed by atoms with Crippen molar-refractivity contribution in [3.8, 4) is 11.3 Å². The number of anilines is 1. The van der Waals surface area contributed by atoms with Crippen LogP contribution < -0.4 is 5.32 Å². The number of nitrogens with zero attached hydrogens (tertiary/aromatic N) is 3. The van der Waals surface area contributed by atoms with Gasteiger partial charge in [0.2, 0.25) is 16.8 Å². The van der Waals surface area contributed by atoms with E-state index < -0.39 is 0 Å². The molecule has 7 heteroatoms. The number of fused-ring (bicyclic) bond motifs is 1. The number of benzene rings is 1. The molecule has 0 aliphatic heterocycles. The number of alkyl halides is 1. The second-order valence-electron chi connectivity index (χ2n) is 4.60. The third-order valence-electron chi connectivity index (χ3n) is 3.00. The van der Waals surface area contributed by atoms with Crippen LogP contribution in [0.15, 0.2) is 29.6 Å². The fourth-order valence-electron chi connectivity index (χ4n) is 1.93. The Morgan fingerprint density at radius 2 is 2.14 bits per heavy atom. The van der Waals surface area contributed by atoms with Crippen LogP contribution in [0.3, 0.4) is 0 Å². The summed E-state index contributed by atoms with van der Waals surface area (Å²) in [4.78, 5) is 16.7. The van der Waals surface area contributed by atoms with Crippen molar-refractivity contribution in [3.63, 3.8) is 0 Å². The second kappa shape index (κ2) is 5.95. The number of thiazole rings is 1. The number of nitrogens with one attached hydrogen (secondary N) is 1. The van der Waals surface area contributed by atoms with Crippen molar-refractivity contribution in [1.82, 2.24) is 14.6 Å². The SMILES string of the molecule is Cc1ccc(-c2csc3nc(NC(=O)CCBr)nn23)cc1. The predicted octanol–water partition coefficient (Wildman–Crippen LogP) is 3.49. The molecular formula is C14H13BrN4OS. The minimum atomic E-state index is -0.0954. The van der Waals surface area contributed by atoms with E-state index in [1.54, 1.807) is 4.52 Å². The standard InChI is InChI=1S/C14H13BrN4OS/c1-9-2-4-10(5-3-9)11-8-21-14-17-13(18-19(11)14)16-12(20)6-7-15/h2-5,8H,6-7H2,1H3,(H,16,18,20). The Labute approximate surface area is 134 Å². The molecule has 0 fully saturated rings. The lowest BCUT2D eigenvalue weighted by Gasteiger charge is -2.00. The van der Waals surface area contributed by atoms with Crippen molar-refractivity contribution in [2.75, 3.05) is 10.6 Å². The van der Waals surface area contributed by atoms with E-state index in [4.69, 9.17) is 0 Å². The average molecular weight is 365 g/mol. The van der Waals surface area contributed by atoms with Gasteiger partial charge in [-0.15, -0.1) is 16.4 Å². The molecule has 108 valence electrons. The molecule has 0 radical (unpaired) electrons. The lowest BCUT2D eigenvalue weighted by molar-refractivity contribution is -0.115. The van der Waals surface area contributed by atoms with Crippen LogP contribution in [0.2, 0.25) is 0 Å². The van der Waals surface area contributed by atoms with Gasteiger partial charge in [-0.1, -0.05) is 45.8 Å². The minimum absolute atomic E-state index is 0.0954. The highest BCUT2D eigenvalue weighted by molar-refractivity contribution is 9.09. The summed E-state index contributed by atoms with van der Waals surface area (Å²) >= 11 is 4.74. The van der Waals surface area contributed by atoms with Gasteiger partial charge < -0.3 is 0 Å². The van der Waals surface area contributed by atoms with E-state index in [9.17, 15) is 4.79 Å². The molecule has 0 aliphatic rings. The van der Waals surface area contributed by atoms with Crippen molar-refractivity contribution in [3.05, 3.63) is 35.2 Å². The number of halogens is 1. The van der Waals surface area contributed by atoms with Crippen LogP contribution in [0, 0.1) is 6.92 Å². The lowest BCUT2D eigenvalue weighted by atomic mass is 10.1. The number of hydrogen-bond acceptors (Lipinski definition) is 4. The molecule has 0 unspecified atom stereocenters. The topological polar surface area (TPSA) is 59.3 Å². The highest BCUT2D eigenvalue weighted by Crippen LogP contribution is 2.26. The number of aryl methyl sites for hydroxylation is 1. The Balaban J connectivity index is 1.93. The summed E-state index contributed by atoms with van der Waals surface area (Å²) < 4.78 is 1.76. The maximum atomic E-state index is 11.6. The van der Waals surface area contributed by atoms with E-state index in [2.05, 4.69) is 62.5 Å². The van der Waals surface area contributed by atoms with E-state index in [0.717, 1.165) is 16.2 Å². The van der Waals surface area contributed by atoms with Gasteiger partial charge in [0.25, 0.3) is 0 Å². The van der Waals surface area contributed by atoms with Crippen molar-refractivity contribution >= 4 is 44.1 Å². The molecule has 0 spiro atoms. The van der Waals surface area contributed by atoms with Gasteiger partial charge in [0.15, 0.2) is 0 Å². The fourth-order valence-corrected chi connectivity index (χ4v) is 3.12. The quantitative estimate of drug-likeness (QED) is 0.720. The van der Waals surface area contributed by atoms with Gasteiger partial charge in [0.05, 0.1) is 5.69 Å². The molecule has 0 atom stereocenters. The van der Waals surface area contributed by atoms with Gasteiger partial charge in [-0.05, 0) is 6.92 Å². The summed E-state index contributed by atoms with van der Waals surface area (Å²) in [7, 11) is 0. The Morgan fingerprint density at radius 3 is 2.86 bits per heavy atom. The third-order valence-corrected chi connectivity index (χ3v) is 4.21. The van der Waals surface area contributed by atoms with Crippen LogP contribution in [0.5, 0.6) is 0 Å². The number of aromatic nitrogens is 3. The summed E-state index contributed by atoms with van der Waals surface area (Å²) in [5.41, 5.74) is 3.27. The van der Waals surface area contributed by atoms with Crippen LogP contribution in [-0.4, -0.2) is 25.8 Å². The normalized spacial score (nSPS) is 11.0. The van der Waals surface area contributed by atoms with Crippen LogP contribution >= 0.6 is 27.3 Å². The summed E-state index contributed by atoms with van der Waals surface area (Å²) in [6, 6.07) is 8.24. The van der Waals surface area contributed by atoms with Gasteiger partial charge in [-0.2, -0.15) is 4.98 Å². The van der Waals surface area contributed by atoms with E-state index in [1.165, 1.54) is 16.9 Å². The number of carbonyl (C=O) groups excluding carboxylic acids is 1. The maximum absolute atomic E-state index is 11.6. The summed E-state index contributed by atoms with van der Waals surface area (Å²) in [6.45, 7) is 2.06.